The smallest absolute Gasteiger partial charge is 0.142 e. The lowest BCUT2D eigenvalue weighted by Gasteiger charge is -1.99. The SMILES string of the molecule is Cc1cccc(-c2nc(-c3ccc(Br)cc3)c(C)s2)n1. The highest BCUT2D eigenvalue weighted by Crippen LogP contribution is 2.32. The number of halogens is 1. The van der Waals surface area contributed by atoms with Crippen molar-refractivity contribution >= 4 is 27.3 Å². The van der Waals surface area contributed by atoms with Gasteiger partial charge in [-0.05, 0) is 38.1 Å². The average molecular weight is 345 g/mol. The van der Waals surface area contributed by atoms with Crippen molar-refractivity contribution in [2.45, 2.75) is 13.8 Å². The fourth-order valence-electron chi connectivity index (χ4n) is 2.04. The molecule has 0 fully saturated rings. The number of benzene rings is 1. The van der Waals surface area contributed by atoms with Crippen LogP contribution < -0.4 is 0 Å². The summed E-state index contributed by atoms with van der Waals surface area (Å²) in [5.74, 6) is 0. The fraction of sp³-hybridized carbons (Fsp3) is 0.125. The van der Waals surface area contributed by atoms with Crippen molar-refractivity contribution in [3.8, 4) is 22.0 Å². The van der Waals surface area contributed by atoms with Gasteiger partial charge in [0.25, 0.3) is 0 Å². The largest absolute Gasteiger partial charge is 0.251 e. The first kappa shape index (κ1) is 13.5. The second kappa shape index (κ2) is 5.46. The van der Waals surface area contributed by atoms with Gasteiger partial charge in [-0.25, -0.2) is 4.98 Å². The Balaban J connectivity index is 2.05. The molecule has 0 aliphatic heterocycles. The van der Waals surface area contributed by atoms with Crippen LogP contribution in [0.3, 0.4) is 0 Å². The molecule has 0 radical (unpaired) electrons. The van der Waals surface area contributed by atoms with Gasteiger partial charge >= 0.3 is 0 Å². The molecule has 0 aliphatic rings. The van der Waals surface area contributed by atoms with Gasteiger partial charge in [-0.15, -0.1) is 11.3 Å². The summed E-state index contributed by atoms with van der Waals surface area (Å²) in [5, 5.41) is 0.976. The summed E-state index contributed by atoms with van der Waals surface area (Å²) >= 11 is 5.15. The molecule has 0 saturated carbocycles. The van der Waals surface area contributed by atoms with Crippen molar-refractivity contribution in [1.29, 1.82) is 0 Å². The van der Waals surface area contributed by atoms with E-state index < -0.39 is 0 Å². The Kier molecular flexibility index (Phi) is 3.68. The van der Waals surface area contributed by atoms with Crippen LogP contribution in [0.15, 0.2) is 46.9 Å². The zero-order valence-corrected chi connectivity index (χ0v) is 13.6. The number of hydrogen-bond acceptors (Lipinski definition) is 3. The number of nitrogens with zero attached hydrogens (tertiary/aromatic N) is 2. The third-order valence-corrected chi connectivity index (χ3v) is 4.54. The summed E-state index contributed by atoms with van der Waals surface area (Å²) in [4.78, 5) is 10.5. The predicted molar refractivity (Wildman–Crippen MR) is 88.0 cm³/mol. The minimum absolute atomic E-state index is 0.946. The molecule has 0 amide bonds. The van der Waals surface area contributed by atoms with E-state index in [-0.39, 0.29) is 0 Å². The number of aromatic nitrogens is 2. The Morgan fingerprint density at radius 3 is 2.40 bits per heavy atom. The summed E-state index contributed by atoms with van der Waals surface area (Å²) in [6.45, 7) is 4.11. The summed E-state index contributed by atoms with van der Waals surface area (Å²) < 4.78 is 1.08. The second-order valence-corrected chi connectivity index (χ2v) is 6.71. The van der Waals surface area contributed by atoms with Crippen LogP contribution in [0.1, 0.15) is 10.6 Å². The van der Waals surface area contributed by atoms with E-state index in [1.165, 1.54) is 4.88 Å². The van der Waals surface area contributed by atoms with E-state index in [1.807, 2.05) is 37.3 Å². The maximum atomic E-state index is 4.76. The van der Waals surface area contributed by atoms with Gasteiger partial charge in [-0.1, -0.05) is 34.1 Å². The van der Waals surface area contributed by atoms with Gasteiger partial charge in [0.05, 0.1) is 11.4 Å². The van der Waals surface area contributed by atoms with Crippen LogP contribution in [0.4, 0.5) is 0 Å². The molecule has 0 N–H and O–H groups in total. The monoisotopic (exact) mass is 344 g/mol. The standard InChI is InChI=1S/C16H13BrN2S/c1-10-4-3-5-14(18-10)16-19-15(11(2)20-16)12-6-8-13(17)9-7-12/h3-9H,1-2H3. The third-order valence-electron chi connectivity index (χ3n) is 3.02. The summed E-state index contributed by atoms with van der Waals surface area (Å²) in [6.07, 6.45) is 0. The molecule has 100 valence electrons. The van der Waals surface area contributed by atoms with Gasteiger partial charge in [0.1, 0.15) is 5.01 Å². The number of thiazole rings is 1. The van der Waals surface area contributed by atoms with Gasteiger partial charge in [0, 0.05) is 20.6 Å². The van der Waals surface area contributed by atoms with Crippen molar-refractivity contribution in [2.24, 2.45) is 0 Å². The zero-order chi connectivity index (χ0) is 14.1. The molecule has 0 atom stereocenters. The molecule has 0 aliphatic carbocycles. The molecule has 20 heavy (non-hydrogen) atoms. The third kappa shape index (κ3) is 2.67. The van der Waals surface area contributed by atoms with Crippen molar-refractivity contribution in [1.82, 2.24) is 9.97 Å². The van der Waals surface area contributed by atoms with Gasteiger partial charge in [-0.2, -0.15) is 0 Å². The van der Waals surface area contributed by atoms with Crippen LogP contribution in [0.2, 0.25) is 0 Å². The summed E-state index contributed by atoms with van der Waals surface area (Å²) in [7, 11) is 0. The first-order valence-electron chi connectivity index (χ1n) is 6.31. The van der Waals surface area contributed by atoms with Crippen molar-refractivity contribution < 1.29 is 0 Å². The van der Waals surface area contributed by atoms with Crippen LogP contribution in [0, 0.1) is 13.8 Å². The molecule has 0 spiro atoms. The summed E-state index contributed by atoms with van der Waals surface area (Å²) in [6, 6.07) is 14.3. The molecule has 1 aromatic carbocycles. The van der Waals surface area contributed by atoms with Gasteiger partial charge in [0.2, 0.25) is 0 Å². The molecule has 2 aromatic heterocycles. The molecular weight excluding hydrogens is 332 g/mol. The first-order valence-corrected chi connectivity index (χ1v) is 7.92. The van der Waals surface area contributed by atoms with Crippen molar-refractivity contribution in [3.63, 3.8) is 0 Å². The molecule has 0 bridgehead atoms. The fourth-order valence-corrected chi connectivity index (χ4v) is 3.21. The van der Waals surface area contributed by atoms with E-state index in [2.05, 4.69) is 40.0 Å². The molecule has 0 unspecified atom stereocenters. The lowest BCUT2D eigenvalue weighted by atomic mass is 10.1. The molecule has 4 heteroatoms. The highest BCUT2D eigenvalue weighted by molar-refractivity contribution is 9.10. The minimum atomic E-state index is 0.946. The summed E-state index contributed by atoms with van der Waals surface area (Å²) in [5.41, 5.74) is 4.14. The highest BCUT2D eigenvalue weighted by atomic mass is 79.9. The van der Waals surface area contributed by atoms with Gasteiger partial charge < -0.3 is 0 Å². The van der Waals surface area contributed by atoms with Gasteiger partial charge in [-0.3, -0.25) is 4.98 Å². The Labute approximate surface area is 130 Å². The average Bonchev–Trinajstić information content (AvgIpc) is 2.82. The Morgan fingerprint density at radius 1 is 0.950 bits per heavy atom. The zero-order valence-electron chi connectivity index (χ0n) is 11.2. The number of aryl methyl sites for hydroxylation is 2. The van der Waals surface area contributed by atoms with E-state index >= 15 is 0 Å². The van der Waals surface area contributed by atoms with Crippen LogP contribution in [0.5, 0.6) is 0 Å². The minimum Gasteiger partial charge on any atom is -0.251 e. The molecule has 0 saturated heterocycles. The molecular formula is C16H13BrN2S. The topological polar surface area (TPSA) is 25.8 Å². The Hall–Kier alpha value is -1.52. The number of rotatable bonds is 2. The molecule has 2 nitrogen and oxygen atoms in total. The Bertz CT molecular complexity index is 747. The van der Waals surface area contributed by atoms with Crippen LogP contribution in [-0.4, -0.2) is 9.97 Å². The first-order chi connectivity index (χ1) is 9.63. The normalized spacial score (nSPS) is 10.8. The quantitative estimate of drug-likeness (QED) is 0.634. The van der Waals surface area contributed by atoms with Crippen molar-refractivity contribution in [2.75, 3.05) is 0 Å². The van der Waals surface area contributed by atoms with E-state index in [0.29, 0.717) is 0 Å². The number of hydrogen-bond donors (Lipinski definition) is 0. The lowest BCUT2D eigenvalue weighted by Crippen LogP contribution is -1.86. The van der Waals surface area contributed by atoms with Crippen LogP contribution in [-0.2, 0) is 0 Å². The highest BCUT2D eigenvalue weighted by Gasteiger charge is 2.12. The van der Waals surface area contributed by atoms with E-state index in [9.17, 15) is 0 Å². The van der Waals surface area contributed by atoms with Crippen molar-refractivity contribution in [3.05, 3.63) is 57.5 Å². The maximum absolute atomic E-state index is 4.76. The maximum Gasteiger partial charge on any atom is 0.142 e. The van der Waals surface area contributed by atoms with E-state index in [0.717, 1.165) is 32.1 Å². The Morgan fingerprint density at radius 2 is 1.70 bits per heavy atom. The molecule has 3 aromatic rings. The van der Waals surface area contributed by atoms with E-state index in [4.69, 9.17) is 4.98 Å². The number of pyridine rings is 1. The van der Waals surface area contributed by atoms with Gasteiger partial charge in [0.15, 0.2) is 0 Å². The lowest BCUT2D eigenvalue weighted by molar-refractivity contribution is 1.19. The van der Waals surface area contributed by atoms with E-state index in [1.54, 1.807) is 11.3 Å². The predicted octanol–water partition coefficient (Wildman–Crippen LogP) is 5.25. The second-order valence-electron chi connectivity index (χ2n) is 4.59. The van der Waals surface area contributed by atoms with Crippen LogP contribution in [0.25, 0.3) is 22.0 Å². The molecule has 2 heterocycles. The van der Waals surface area contributed by atoms with Crippen LogP contribution >= 0.6 is 27.3 Å². The molecule has 3 rings (SSSR count).